The minimum atomic E-state index is -0.390. The number of rotatable bonds is 3. The number of anilines is 2. The van der Waals surface area contributed by atoms with Crippen LogP contribution in [0.3, 0.4) is 0 Å². The molecular weight excluding hydrogens is 442 g/mol. The Kier molecular flexibility index (Phi) is 21.4. The predicted octanol–water partition coefficient (Wildman–Crippen LogP) is 6.17. The number of nitrogens with zero attached hydrogens (tertiary/aromatic N) is 3. The Balaban J connectivity index is 0. The van der Waals surface area contributed by atoms with Crippen molar-refractivity contribution in [1.82, 2.24) is 20.3 Å². The highest BCUT2D eigenvalue weighted by atomic mass is 16.6. The molecule has 3 aromatic rings. The Bertz CT molecular complexity index is 831. The number of aliphatic hydroxyl groups excluding tert-OH is 1. The lowest BCUT2D eigenvalue weighted by molar-refractivity contribution is 0.0531. The normalized spacial score (nSPS) is 9.06. The molecule has 0 bridgehead atoms. The van der Waals surface area contributed by atoms with Gasteiger partial charge in [-0.05, 0) is 53.7 Å². The summed E-state index contributed by atoms with van der Waals surface area (Å²) >= 11 is 0. The summed E-state index contributed by atoms with van der Waals surface area (Å²) in [6.45, 7) is 15.7. The first kappa shape index (κ1) is 33.7. The van der Waals surface area contributed by atoms with Gasteiger partial charge in [-0.1, -0.05) is 68.4 Å². The SMILES string of the molecule is CC.CCNC(=O)OC(C)(C)C.CCO.Cc1ncnc(Nc2ccccc2)n1.c1ccccc1. The van der Waals surface area contributed by atoms with Crippen LogP contribution >= 0.6 is 0 Å². The van der Waals surface area contributed by atoms with Gasteiger partial charge in [0, 0.05) is 18.8 Å². The van der Waals surface area contributed by atoms with Gasteiger partial charge in [-0.25, -0.2) is 14.8 Å². The molecule has 1 aromatic heterocycles. The minimum Gasteiger partial charge on any atom is -0.444 e. The van der Waals surface area contributed by atoms with E-state index in [0.717, 1.165) is 5.69 Å². The summed E-state index contributed by atoms with van der Waals surface area (Å²) < 4.78 is 4.93. The van der Waals surface area contributed by atoms with E-state index in [0.29, 0.717) is 18.3 Å². The molecule has 8 heteroatoms. The molecule has 0 atom stereocenters. The minimum absolute atomic E-state index is 0.250. The Morgan fingerprint density at radius 2 is 1.37 bits per heavy atom. The number of benzene rings is 2. The van der Waals surface area contributed by atoms with Crippen molar-refractivity contribution < 1.29 is 14.6 Å². The van der Waals surface area contributed by atoms with Crippen LogP contribution in [-0.2, 0) is 4.74 Å². The zero-order valence-corrected chi connectivity index (χ0v) is 22.4. The monoisotopic (exact) mass is 485 g/mol. The van der Waals surface area contributed by atoms with E-state index in [2.05, 4.69) is 25.6 Å². The third-order valence-electron chi connectivity index (χ3n) is 3.11. The summed E-state index contributed by atoms with van der Waals surface area (Å²) in [7, 11) is 0. The quantitative estimate of drug-likeness (QED) is 0.407. The number of carbonyl (C=O) groups is 1. The van der Waals surface area contributed by atoms with Crippen LogP contribution in [0.2, 0.25) is 0 Å². The number of aliphatic hydroxyl groups is 1. The standard InChI is InChI=1S/C10H10N4.C7H15NO2.C6H6.C2H6O.C2H6/c1-8-11-7-12-10(13-8)14-9-5-3-2-4-6-9;1-5-8-6(9)10-7(2,3)4;1-2-4-6-5-3-1;1-2-3;1-2/h2-7H,1H3,(H,11,12,13,14);5H2,1-4H3,(H,8,9);1-6H;3H,2H2,1H3;1-2H3. The van der Waals surface area contributed by atoms with Crippen LogP contribution in [0.4, 0.5) is 16.4 Å². The first-order valence-electron chi connectivity index (χ1n) is 11.8. The number of alkyl carbamates (subject to hydrolysis) is 1. The molecule has 3 rings (SSSR count). The van der Waals surface area contributed by atoms with Crippen molar-refractivity contribution in [3.63, 3.8) is 0 Å². The second kappa shape index (κ2) is 22.3. The first-order chi connectivity index (χ1) is 16.7. The Hall–Kier alpha value is -3.52. The maximum Gasteiger partial charge on any atom is 0.407 e. The van der Waals surface area contributed by atoms with Crippen LogP contribution in [0.5, 0.6) is 0 Å². The molecule has 1 heterocycles. The van der Waals surface area contributed by atoms with Gasteiger partial charge in [0.05, 0.1) is 0 Å². The smallest absolute Gasteiger partial charge is 0.407 e. The van der Waals surface area contributed by atoms with Crippen molar-refractivity contribution in [1.29, 1.82) is 0 Å². The van der Waals surface area contributed by atoms with Gasteiger partial charge in [0.25, 0.3) is 0 Å². The zero-order chi connectivity index (χ0) is 27.0. The van der Waals surface area contributed by atoms with Gasteiger partial charge in [-0.15, -0.1) is 0 Å². The lowest BCUT2D eigenvalue weighted by Crippen LogP contribution is -2.32. The molecule has 194 valence electrons. The summed E-state index contributed by atoms with van der Waals surface area (Å²) in [5, 5.41) is 13.2. The maximum absolute atomic E-state index is 10.7. The number of nitrogens with one attached hydrogen (secondary N) is 2. The largest absolute Gasteiger partial charge is 0.444 e. The molecule has 0 aliphatic heterocycles. The first-order valence-corrected chi connectivity index (χ1v) is 11.8. The van der Waals surface area contributed by atoms with E-state index < -0.39 is 0 Å². The molecule has 0 fully saturated rings. The number of ether oxygens (including phenoxy) is 1. The number of para-hydroxylation sites is 1. The molecule has 0 spiro atoms. The second-order valence-corrected chi connectivity index (χ2v) is 7.35. The van der Waals surface area contributed by atoms with Crippen LogP contribution in [-0.4, -0.2) is 44.9 Å². The number of aromatic nitrogens is 3. The summed E-state index contributed by atoms with van der Waals surface area (Å²) in [5.41, 5.74) is 0.581. The highest BCUT2D eigenvalue weighted by Gasteiger charge is 2.14. The van der Waals surface area contributed by atoms with Crippen molar-refractivity contribution in [2.75, 3.05) is 18.5 Å². The summed E-state index contributed by atoms with van der Waals surface area (Å²) in [6, 6.07) is 21.8. The van der Waals surface area contributed by atoms with E-state index in [9.17, 15) is 4.79 Å². The summed E-state index contributed by atoms with van der Waals surface area (Å²) in [5.74, 6) is 1.28. The van der Waals surface area contributed by atoms with Gasteiger partial charge in [0.1, 0.15) is 17.8 Å². The Morgan fingerprint density at radius 1 is 0.914 bits per heavy atom. The van der Waals surface area contributed by atoms with Gasteiger partial charge in [0.15, 0.2) is 0 Å². The molecule has 0 radical (unpaired) electrons. The lowest BCUT2D eigenvalue weighted by atomic mass is 10.2. The van der Waals surface area contributed by atoms with Gasteiger partial charge in [-0.2, -0.15) is 4.98 Å². The fraction of sp³-hybridized carbons (Fsp3) is 0.407. The molecule has 1 amide bonds. The van der Waals surface area contributed by atoms with Crippen molar-refractivity contribution in [2.24, 2.45) is 0 Å². The van der Waals surface area contributed by atoms with E-state index in [1.165, 1.54) is 6.33 Å². The third kappa shape index (κ3) is 23.4. The van der Waals surface area contributed by atoms with Crippen LogP contribution in [0, 0.1) is 6.92 Å². The van der Waals surface area contributed by atoms with E-state index >= 15 is 0 Å². The molecule has 0 aliphatic carbocycles. The van der Waals surface area contributed by atoms with Crippen LogP contribution in [0.15, 0.2) is 73.1 Å². The maximum atomic E-state index is 10.7. The number of aryl methyl sites for hydroxylation is 1. The van der Waals surface area contributed by atoms with Crippen LogP contribution in [0.1, 0.15) is 54.3 Å². The molecule has 0 saturated heterocycles. The second-order valence-electron chi connectivity index (χ2n) is 7.35. The molecule has 3 N–H and O–H groups in total. The highest BCUT2D eigenvalue weighted by molar-refractivity contribution is 5.67. The number of hydrogen-bond acceptors (Lipinski definition) is 7. The van der Waals surface area contributed by atoms with E-state index in [1.54, 1.807) is 6.92 Å². The van der Waals surface area contributed by atoms with Gasteiger partial charge < -0.3 is 20.5 Å². The van der Waals surface area contributed by atoms with Crippen molar-refractivity contribution in [2.45, 2.75) is 61.0 Å². The van der Waals surface area contributed by atoms with Gasteiger partial charge in [0.2, 0.25) is 5.95 Å². The molecule has 0 aliphatic rings. The predicted molar refractivity (Wildman–Crippen MR) is 145 cm³/mol. The summed E-state index contributed by atoms with van der Waals surface area (Å²) in [4.78, 5) is 22.8. The molecule has 35 heavy (non-hydrogen) atoms. The number of amides is 1. The Labute approximate surface area is 211 Å². The lowest BCUT2D eigenvalue weighted by Gasteiger charge is -2.19. The van der Waals surface area contributed by atoms with Gasteiger partial charge >= 0.3 is 6.09 Å². The van der Waals surface area contributed by atoms with Crippen molar-refractivity contribution in [3.8, 4) is 0 Å². The third-order valence-corrected chi connectivity index (χ3v) is 3.11. The van der Waals surface area contributed by atoms with E-state index in [4.69, 9.17) is 9.84 Å². The number of hydrogen-bond donors (Lipinski definition) is 3. The average molecular weight is 486 g/mol. The van der Waals surface area contributed by atoms with E-state index in [-0.39, 0.29) is 18.3 Å². The average Bonchev–Trinajstić information content (AvgIpc) is 2.83. The molecule has 2 aromatic carbocycles. The summed E-state index contributed by atoms with van der Waals surface area (Å²) in [6.07, 6.45) is 1.14. The molecule has 8 nitrogen and oxygen atoms in total. The Morgan fingerprint density at radius 3 is 1.77 bits per heavy atom. The topological polar surface area (TPSA) is 109 Å². The molecule has 0 unspecified atom stereocenters. The van der Waals surface area contributed by atoms with Crippen LogP contribution < -0.4 is 10.6 Å². The highest BCUT2D eigenvalue weighted by Crippen LogP contribution is 2.10. The van der Waals surface area contributed by atoms with E-state index in [1.807, 2.05) is 115 Å². The molecular formula is C27H43N5O3. The fourth-order valence-electron chi connectivity index (χ4n) is 1.93. The van der Waals surface area contributed by atoms with Crippen LogP contribution in [0.25, 0.3) is 0 Å². The molecule has 0 saturated carbocycles. The number of carbonyl (C=O) groups excluding carboxylic acids is 1. The van der Waals surface area contributed by atoms with Crippen molar-refractivity contribution in [3.05, 3.63) is 78.9 Å². The van der Waals surface area contributed by atoms with Crippen molar-refractivity contribution >= 4 is 17.7 Å². The zero-order valence-electron chi connectivity index (χ0n) is 22.4. The fourth-order valence-corrected chi connectivity index (χ4v) is 1.93. The van der Waals surface area contributed by atoms with Gasteiger partial charge in [-0.3, -0.25) is 0 Å².